The monoisotopic (exact) mass is 141 g/mol. The summed E-state index contributed by atoms with van der Waals surface area (Å²) in [5, 5.41) is 6.34. The van der Waals surface area contributed by atoms with E-state index in [1.54, 1.807) is 12.3 Å². The molecule has 1 aromatic rings. The molecule has 1 heterocycles. The lowest BCUT2D eigenvalue weighted by Crippen LogP contribution is -2.11. The molecule has 0 aliphatic rings. The Labute approximate surface area is 57.3 Å². The van der Waals surface area contributed by atoms with Crippen LogP contribution in [-0.2, 0) is 16.2 Å². The lowest BCUT2D eigenvalue weighted by molar-refractivity contribution is -0.121. The highest BCUT2D eigenvalue weighted by molar-refractivity contribution is 5.43. The summed E-state index contributed by atoms with van der Waals surface area (Å²) in [7, 11) is 0. The van der Waals surface area contributed by atoms with E-state index in [0.29, 0.717) is 13.0 Å². The zero-order valence-electron chi connectivity index (χ0n) is 5.20. The summed E-state index contributed by atoms with van der Waals surface area (Å²) in [6, 6.07) is 1.76. The van der Waals surface area contributed by atoms with Gasteiger partial charge in [0, 0.05) is 6.20 Å². The predicted octanol–water partition coefficient (Wildman–Crippen LogP) is -0.413. The molecule has 0 saturated heterocycles. The van der Waals surface area contributed by atoms with Gasteiger partial charge in [-0.3, -0.25) is 14.7 Å². The van der Waals surface area contributed by atoms with E-state index >= 15 is 0 Å². The fourth-order valence-corrected chi connectivity index (χ4v) is 0.519. The van der Waals surface area contributed by atoms with Crippen LogP contribution in [0.15, 0.2) is 12.3 Å². The van der Waals surface area contributed by atoms with Crippen molar-refractivity contribution in [2.45, 2.75) is 6.61 Å². The smallest absolute Gasteiger partial charge is 0.230 e. The Hall–Kier alpha value is -1.36. The number of hydrogen-bond donors (Lipinski definition) is 2. The minimum atomic E-state index is 0.304. The van der Waals surface area contributed by atoms with Gasteiger partial charge in [-0.05, 0) is 6.07 Å². The third-order valence-electron chi connectivity index (χ3n) is 0.918. The van der Waals surface area contributed by atoms with Crippen LogP contribution in [-0.4, -0.2) is 16.6 Å². The zero-order valence-corrected chi connectivity index (χ0v) is 5.20. The van der Waals surface area contributed by atoms with Crippen LogP contribution in [0.2, 0.25) is 0 Å². The maximum atomic E-state index is 9.67. The van der Waals surface area contributed by atoms with Crippen LogP contribution in [0.3, 0.4) is 0 Å². The number of aromatic nitrogens is 2. The van der Waals surface area contributed by atoms with Crippen LogP contribution >= 0.6 is 0 Å². The molecule has 5 heteroatoms. The topological polar surface area (TPSA) is 67.0 Å². The molecule has 0 radical (unpaired) electrons. The van der Waals surface area contributed by atoms with Gasteiger partial charge in [-0.2, -0.15) is 5.10 Å². The molecule has 10 heavy (non-hydrogen) atoms. The first kappa shape index (κ1) is 6.76. The number of carbonyl (C=O) groups is 1. The van der Waals surface area contributed by atoms with Crippen molar-refractivity contribution in [3.05, 3.63) is 18.0 Å². The average Bonchev–Trinajstić information content (AvgIpc) is 2.41. The van der Waals surface area contributed by atoms with Crippen molar-refractivity contribution in [1.82, 2.24) is 15.7 Å². The van der Waals surface area contributed by atoms with Crippen molar-refractivity contribution < 1.29 is 9.63 Å². The second kappa shape index (κ2) is 3.62. The molecule has 5 nitrogen and oxygen atoms in total. The quantitative estimate of drug-likeness (QED) is 0.340. The highest BCUT2D eigenvalue weighted by atomic mass is 16.6. The van der Waals surface area contributed by atoms with Crippen LogP contribution in [0.5, 0.6) is 0 Å². The molecule has 0 aliphatic carbocycles. The van der Waals surface area contributed by atoms with E-state index in [2.05, 4.69) is 20.5 Å². The summed E-state index contributed by atoms with van der Waals surface area (Å²) >= 11 is 0. The molecular weight excluding hydrogens is 134 g/mol. The van der Waals surface area contributed by atoms with Crippen LogP contribution in [0.25, 0.3) is 0 Å². The van der Waals surface area contributed by atoms with Crippen LogP contribution < -0.4 is 5.48 Å². The molecule has 0 bridgehead atoms. The number of amides is 1. The largest absolute Gasteiger partial charge is 0.280 e. The molecule has 2 N–H and O–H groups in total. The van der Waals surface area contributed by atoms with Gasteiger partial charge >= 0.3 is 0 Å². The van der Waals surface area contributed by atoms with Gasteiger partial charge in [0.1, 0.15) is 6.61 Å². The Morgan fingerprint density at radius 2 is 2.80 bits per heavy atom. The summed E-state index contributed by atoms with van der Waals surface area (Å²) < 4.78 is 0. The Morgan fingerprint density at radius 3 is 3.40 bits per heavy atom. The molecule has 0 aromatic carbocycles. The Morgan fingerprint density at radius 1 is 1.90 bits per heavy atom. The minimum Gasteiger partial charge on any atom is -0.280 e. The molecule has 0 spiro atoms. The molecule has 54 valence electrons. The standard InChI is InChI=1S/C5H7N3O2/c9-4-7-10-3-5-1-2-6-8-5/h1-2,4H,3H2,(H,6,8)(H,7,9). The number of nitrogens with zero attached hydrogens (tertiary/aromatic N) is 1. The first-order chi connectivity index (χ1) is 4.93. The van der Waals surface area contributed by atoms with Gasteiger partial charge in [0.15, 0.2) is 0 Å². The summed E-state index contributed by atoms with van der Waals surface area (Å²) in [5.41, 5.74) is 2.87. The number of H-pyrrole nitrogens is 1. The van der Waals surface area contributed by atoms with E-state index in [1.807, 2.05) is 0 Å². The molecule has 0 saturated carbocycles. The highest BCUT2D eigenvalue weighted by Crippen LogP contribution is 1.91. The molecule has 0 aliphatic heterocycles. The summed E-state index contributed by atoms with van der Waals surface area (Å²) in [4.78, 5) is 14.3. The van der Waals surface area contributed by atoms with E-state index in [-0.39, 0.29) is 0 Å². The van der Waals surface area contributed by atoms with Gasteiger partial charge in [-0.15, -0.1) is 0 Å². The lowest BCUT2D eigenvalue weighted by Gasteiger charge is -1.95. The van der Waals surface area contributed by atoms with E-state index in [9.17, 15) is 4.79 Å². The number of hydroxylamine groups is 1. The van der Waals surface area contributed by atoms with Gasteiger partial charge in [-0.25, -0.2) is 5.48 Å². The molecule has 0 unspecified atom stereocenters. The van der Waals surface area contributed by atoms with Crippen LogP contribution in [0.1, 0.15) is 5.69 Å². The van der Waals surface area contributed by atoms with Gasteiger partial charge in [0.25, 0.3) is 0 Å². The lowest BCUT2D eigenvalue weighted by atomic mass is 10.5. The number of nitrogens with one attached hydrogen (secondary N) is 2. The molecular formula is C5H7N3O2. The van der Waals surface area contributed by atoms with Gasteiger partial charge in [-0.1, -0.05) is 0 Å². The Kier molecular flexibility index (Phi) is 2.45. The Balaban J connectivity index is 2.21. The number of carbonyl (C=O) groups excluding carboxylic acids is 1. The van der Waals surface area contributed by atoms with Crippen molar-refractivity contribution in [2.24, 2.45) is 0 Å². The van der Waals surface area contributed by atoms with Gasteiger partial charge in [0.2, 0.25) is 6.41 Å². The third-order valence-corrected chi connectivity index (χ3v) is 0.918. The van der Waals surface area contributed by atoms with E-state index in [1.165, 1.54) is 0 Å². The molecule has 0 atom stereocenters. The predicted molar refractivity (Wildman–Crippen MR) is 32.6 cm³/mol. The number of hydrogen-bond acceptors (Lipinski definition) is 3. The van der Waals surface area contributed by atoms with E-state index in [4.69, 9.17) is 0 Å². The first-order valence-corrected chi connectivity index (χ1v) is 2.72. The maximum Gasteiger partial charge on any atom is 0.230 e. The maximum absolute atomic E-state index is 9.67. The molecule has 1 rings (SSSR count). The van der Waals surface area contributed by atoms with Gasteiger partial charge in [0.05, 0.1) is 5.69 Å². The summed E-state index contributed by atoms with van der Waals surface area (Å²) in [5.74, 6) is 0. The second-order valence-electron chi connectivity index (χ2n) is 1.61. The minimum absolute atomic E-state index is 0.304. The van der Waals surface area contributed by atoms with Crippen molar-refractivity contribution in [2.75, 3.05) is 0 Å². The molecule has 1 aromatic heterocycles. The van der Waals surface area contributed by atoms with Crippen molar-refractivity contribution in [1.29, 1.82) is 0 Å². The van der Waals surface area contributed by atoms with Crippen LogP contribution in [0, 0.1) is 0 Å². The van der Waals surface area contributed by atoms with Crippen molar-refractivity contribution >= 4 is 6.41 Å². The summed E-state index contributed by atoms with van der Waals surface area (Å²) in [6.07, 6.45) is 2.08. The first-order valence-electron chi connectivity index (χ1n) is 2.72. The van der Waals surface area contributed by atoms with Gasteiger partial charge < -0.3 is 0 Å². The Bertz CT molecular complexity index is 185. The zero-order chi connectivity index (χ0) is 7.23. The average molecular weight is 141 g/mol. The highest BCUT2D eigenvalue weighted by Gasteiger charge is 1.90. The van der Waals surface area contributed by atoms with Crippen molar-refractivity contribution in [3.8, 4) is 0 Å². The normalized spacial score (nSPS) is 9.20. The fourth-order valence-electron chi connectivity index (χ4n) is 0.519. The second-order valence-corrected chi connectivity index (χ2v) is 1.61. The SMILES string of the molecule is O=CNOCc1ccn[nH]1. The van der Waals surface area contributed by atoms with E-state index in [0.717, 1.165) is 5.69 Å². The molecule has 0 fully saturated rings. The molecule has 1 amide bonds. The van der Waals surface area contributed by atoms with E-state index < -0.39 is 0 Å². The third kappa shape index (κ3) is 1.87. The number of aromatic amines is 1. The van der Waals surface area contributed by atoms with Crippen LogP contribution in [0.4, 0.5) is 0 Å². The van der Waals surface area contributed by atoms with Crippen molar-refractivity contribution in [3.63, 3.8) is 0 Å². The summed E-state index contributed by atoms with van der Waals surface area (Å²) in [6.45, 7) is 0.304. The number of rotatable bonds is 4. The fraction of sp³-hybridized carbons (Fsp3) is 0.200.